The van der Waals surface area contributed by atoms with Gasteiger partial charge in [0.05, 0.1) is 20.1 Å². The van der Waals surface area contributed by atoms with Gasteiger partial charge in [-0.2, -0.15) is 29.8 Å². The summed E-state index contributed by atoms with van der Waals surface area (Å²) in [7, 11) is -13.5. The number of hydrogen-bond donors (Lipinski definition) is 3. The first-order chi connectivity index (χ1) is 33.3. The molecule has 1 aliphatic carbocycles. The van der Waals surface area contributed by atoms with E-state index in [1.54, 1.807) is 12.1 Å². The maximum atomic E-state index is 12.5. The molecule has 0 aromatic heterocycles. The molecule has 20 heteroatoms. The van der Waals surface area contributed by atoms with E-state index in [9.17, 15) is 53.3 Å². The number of carbonyl (C=O) groups excluding carboxylic acids is 3. The second-order valence-corrected chi connectivity index (χ2v) is 23.4. The van der Waals surface area contributed by atoms with Crippen molar-refractivity contribution in [1.82, 2.24) is 5.06 Å². The van der Waals surface area contributed by atoms with Gasteiger partial charge in [0.25, 0.3) is 42.2 Å². The van der Waals surface area contributed by atoms with Crippen LogP contribution >= 0.6 is 0 Å². The lowest BCUT2D eigenvalue weighted by atomic mass is 9.81. The van der Waals surface area contributed by atoms with Crippen LogP contribution < -0.4 is 9.64 Å². The molecule has 1 fully saturated rings. The summed E-state index contributed by atoms with van der Waals surface area (Å²) in [5.41, 5.74) is 4.77. The van der Waals surface area contributed by atoms with Gasteiger partial charge in [-0.1, -0.05) is 39.7 Å². The molecule has 0 atom stereocenters. The lowest BCUT2D eigenvalue weighted by molar-refractivity contribution is -0.438. The van der Waals surface area contributed by atoms with Crippen molar-refractivity contribution >= 4 is 65.2 Å². The van der Waals surface area contributed by atoms with Crippen LogP contribution in [0.15, 0.2) is 122 Å². The average Bonchev–Trinajstić information content (AvgIpc) is 3.81. The Morgan fingerprint density at radius 2 is 1.32 bits per heavy atom. The highest BCUT2D eigenvalue weighted by molar-refractivity contribution is 7.86. The molecule has 7 rings (SSSR count). The van der Waals surface area contributed by atoms with Gasteiger partial charge >= 0.3 is 5.97 Å². The molecule has 0 spiro atoms. The Balaban J connectivity index is 1.27. The van der Waals surface area contributed by atoms with Crippen molar-refractivity contribution in [2.45, 2.75) is 137 Å². The molecule has 3 aromatic rings. The molecule has 0 radical (unpaired) electrons. The molecule has 3 heterocycles. The van der Waals surface area contributed by atoms with E-state index < -0.39 is 59.0 Å². The molecule has 3 aliphatic heterocycles. The molecule has 2 amide bonds. The summed E-state index contributed by atoms with van der Waals surface area (Å²) in [4.78, 5) is 42.7. The maximum Gasteiger partial charge on any atom is 0.333 e. The highest BCUT2D eigenvalue weighted by Gasteiger charge is 2.45. The Morgan fingerprint density at radius 1 is 0.704 bits per heavy atom. The summed E-state index contributed by atoms with van der Waals surface area (Å²) in [6, 6.07) is 14.5. The van der Waals surface area contributed by atoms with Crippen molar-refractivity contribution in [2.24, 2.45) is 0 Å². The molecule has 0 bridgehead atoms. The third kappa shape index (κ3) is 11.6. The minimum Gasteiger partial charge on any atom is -0.457 e. The number of benzene rings is 3. The Hall–Kier alpha value is -5.77. The third-order valence-corrected chi connectivity index (χ3v) is 16.0. The fourth-order valence-electron chi connectivity index (χ4n) is 9.66. The predicted molar refractivity (Wildman–Crippen MR) is 264 cm³/mol. The van der Waals surface area contributed by atoms with Gasteiger partial charge in [-0.05, 0) is 136 Å². The largest absolute Gasteiger partial charge is 0.457 e. The van der Waals surface area contributed by atoms with Crippen LogP contribution in [0.3, 0.4) is 0 Å². The predicted octanol–water partition coefficient (Wildman–Crippen LogP) is 8.84. The number of unbranched alkanes of at least 4 members (excludes halogenated alkanes) is 4. The third-order valence-electron chi connectivity index (χ3n) is 13.5. The normalized spacial score (nSPS) is 19.2. The van der Waals surface area contributed by atoms with Gasteiger partial charge in [0.1, 0.15) is 18.1 Å². The summed E-state index contributed by atoms with van der Waals surface area (Å²) in [6.07, 6.45) is 14.1. The first-order valence-electron chi connectivity index (χ1n) is 23.6. The van der Waals surface area contributed by atoms with Crippen molar-refractivity contribution in [2.75, 3.05) is 18.0 Å². The Morgan fingerprint density at radius 3 is 1.96 bits per heavy atom. The number of amides is 2. The summed E-state index contributed by atoms with van der Waals surface area (Å²) < 4.78 is 112. The van der Waals surface area contributed by atoms with Crippen molar-refractivity contribution in [3.8, 4) is 5.75 Å². The number of rotatable bonds is 19. The zero-order valence-corrected chi connectivity index (χ0v) is 42.8. The molecule has 4 aliphatic rings. The second-order valence-electron chi connectivity index (χ2n) is 19.1. The van der Waals surface area contributed by atoms with Crippen LogP contribution in [0.5, 0.6) is 5.75 Å². The second kappa shape index (κ2) is 20.8. The SMILES string of the molecule is CCCCC[N+]1=C(C=CC2=C(Oc3ccc(S(=O)(=O)O)cc3)C(=CC=C3N(CCCCCC(=O)ON4C(=O)CCC4=O)c4ccc(S(=O)(=O)O)cc4C3(C)C)CCC2)C(C)(C)c2cc(S(=O)(=O)O)ccc21. The molecule has 0 unspecified atom stereocenters. The molecule has 0 saturated carbocycles. The van der Waals surface area contributed by atoms with Gasteiger partial charge in [-0.25, -0.2) is 4.79 Å². The number of carbonyl (C=O) groups is 3. The maximum absolute atomic E-state index is 12.5. The smallest absolute Gasteiger partial charge is 0.333 e. The van der Waals surface area contributed by atoms with Crippen LogP contribution in [-0.4, -0.2) is 85.1 Å². The van der Waals surface area contributed by atoms with E-state index in [0.717, 1.165) is 58.8 Å². The molecule has 3 aromatic carbocycles. The van der Waals surface area contributed by atoms with Gasteiger partial charge in [-0.15, -0.1) is 5.06 Å². The first-order valence-corrected chi connectivity index (χ1v) is 28.0. The number of anilines is 1. The van der Waals surface area contributed by atoms with E-state index >= 15 is 0 Å². The molecule has 380 valence electrons. The van der Waals surface area contributed by atoms with E-state index in [1.165, 1.54) is 48.5 Å². The zero-order chi connectivity index (χ0) is 51.7. The monoisotopic (exact) mass is 1030 g/mol. The number of allylic oxidation sites excluding steroid dienone is 7. The average molecular weight is 1040 g/mol. The molecular formula is C51H60N3O14S3+. The topological polar surface area (TPSA) is 242 Å². The van der Waals surface area contributed by atoms with Crippen molar-refractivity contribution in [3.05, 3.63) is 119 Å². The van der Waals surface area contributed by atoms with Gasteiger partial charge in [0.2, 0.25) is 5.69 Å². The lowest BCUT2D eigenvalue weighted by Crippen LogP contribution is -2.32. The minimum absolute atomic E-state index is 0.00736. The van der Waals surface area contributed by atoms with E-state index in [4.69, 9.17) is 9.57 Å². The standard InChI is InChI=1S/C51H59N3O14S3/c1-6-7-10-30-52-42-24-22-38(70(61,62)63)32-40(42)50(2,3)44(52)26-16-34-13-12-14-35(49(34)67-36-18-20-37(21-19-36)69(58,59)60)17-27-45-51(4,5)41-33-39(71(64,65)66)23-25-43(41)53(45)31-11-8-9-15-48(57)68-54-46(55)28-29-47(54)56/h16-27,32-33H,6-15,28-31H2,1-5H3,(H2-,58,59,60,61,62,63,64,65,66)/p+1. The molecule has 71 heavy (non-hydrogen) atoms. The Kier molecular flexibility index (Phi) is 15.5. The Bertz CT molecular complexity index is 3130. The Labute approximate surface area is 415 Å². The number of imide groups is 1. The van der Waals surface area contributed by atoms with Gasteiger partial charge in [0, 0.05) is 66.7 Å². The number of ether oxygens (including phenoxy) is 1. The van der Waals surface area contributed by atoms with Crippen molar-refractivity contribution in [3.63, 3.8) is 0 Å². The fraction of sp³-hybridized carbons (Fsp3) is 0.412. The quantitative estimate of drug-likeness (QED) is 0.0440. The number of hydrogen-bond acceptors (Lipinski definition) is 12. The van der Waals surface area contributed by atoms with Crippen LogP contribution in [-0.2, 0) is 60.4 Å². The summed E-state index contributed by atoms with van der Waals surface area (Å²) in [5.74, 6) is -1.00. The molecular weight excluding hydrogens is 975 g/mol. The fourth-order valence-corrected chi connectivity index (χ4v) is 11.2. The number of nitrogens with zero attached hydrogens (tertiary/aromatic N) is 3. The lowest BCUT2D eigenvalue weighted by Gasteiger charge is -2.27. The molecule has 17 nitrogen and oxygen atoms in total. The van der Waals surface area contributed by atoms with E-state index in [2.05, 4.69) is 16.4 Å². The summed E-state index contributed by atoms with van der Waals surface area (Å²) in [6.45, 7) is 11.1. The highest BCUT2D eigenvalue weighted by Crippen LogP contribution is 2.49. The van der Waals surface area contributed by atoms with Crippen LogP contribution in [0, 0.1) is 0 Å². The van der Waals surface area contributed by atoms with Crippen LogP contribution in [0.4, 0.5) is 11.4 Å². The molecule has 1 saturated heterocycles. The van der Waals surface area contributed by atoms with Crippen molar-refractivity contribution < 1.29 is 67.4 Å². The minimum atomic E-state index is -4.55. The highest BCUT2D eigenvalue weighted by atomic mass is 32.2. The van der Waals surface area contributed by atoms with E-state index in [1.807, 2.05) is 52.0 Å². The van der Waals surface area contributed by atoms with Crippen LogP contribution in [0.1, 0.15) is 123 Å². The van der Waals surface area contributed by atoms with E-state index in [-0.39, 0.29) is 33.9 Å². The van der Waals surface area contributed by atoms with Crippen molar-refractivity contribution in [1.29, 1.82) is 0 Å². The number of fused-ring (bicyclic) bond motifs is 2. The van der Waals surface area contributed by atoms with Crippen LogP contribution in [0.25, 0.3) is 0 Å². The van der Waals surface area contributed by atoms with Gasteiger partial charge in [0.15, 0.2) is 5.71 Å². The zero-order valence-electron chi connectivity index (χ0n) is 40.4. The van der Waals surface area contributed by atoms with Crippen LogP contribution in [0.2, 0.25) is 0 Å². The first kappa shape index (κ1) is 53.0. The molecule has 3 N–H and O–H groups in total. The van der Waals surface area contributed by atoms with Gasteiger partial charge < -0.3 is 14.5 Å². The summed E-state index contributed by atoms with van der Waals surface area (Å²) >= 11 is 0. The van der Waals surface area contributed by atoms with Gasteiger partial charge in [-0.3, -0.25) is 23.2 Å². The van der Waals surface area contributed by atoms with E-state index in [0.29, 0.717) is 73.7 Å². The summed E-state index contributed by atoms with van der Waals surface area (Å²) in [5, 5.41) is 0.526. The number of hydroxylamine groups is 2.